The zero-order valence-electron chi connectivity index (χ0n) is 12.0. The highest BCUT2D eigenvalue weighted by atomic mass is 79.9. The second-order valence-corrected chi connectivity index (χ2v) is 6.10. The molecule has 1 atom stereocenters. The summed E-state index contributed by atoms with van der Waals surface area (Å²) in [6, 6.07) is 0.305. The van der Waals surface area contributed by atoms with Gasteiger partial charge in [0.2, 0.25) is 5.91 Å². The minimum absolute atomic E-state index is 0.0753. The molecule has 2 amide bonds. The molecule has 0 spiro atoms. The number of fused-ring (bicyclic) bond motifs is 1. The number of hydrogen-bond acceptors (Lipinski definition) is 4. The Kier molecular flexibility index (Phi) is 4.88. The Hall–Kier alpha value is -2.10. The summed E-state index contributed by atoms with van der Waals surface area (Å²) in [5.41, 5.74) is 4.28. The molecule has 0 aromatic heterocycles. The Morgan fingerprint density at radius 1 is 1.38 bits per heavy atom. The molecule has 0 fully saturated rings. The third-order valence-electron chi connectivity index (χ3n) is 3.67. The highest BCUT2D eigenvalue weighted by molar-refractivity contribution is 9.10. The lowest BCUT2D eigenvalue weighted by atomic mass is 10.1. The lowest BCUT2D eigenvalue weighted by Gasteiger charge is -2.25. The summed E-state index contributed by atoms with van der Waals surface area (Å²) in [4.78, 5) is 35.4. The number of carbonyl (C=O) groups is 3. The number of carbonyl (C=O) groups excluding carboxylic acids is 3. The molecule has 10 heteroatoms. The van der Waals surface area contributed by atoms with Crippen molar-refractivity contribution in [2.45, 2.75) is 31.6 Å². The Morgan fingerprint density at radius 3 is 2.50 bits per heavy atom. The van der Waals surface area contributed by atoms with E-state index in [9.17, 15) is 32.7 Å². The molecule has 6 nitrogen and oxygen atoms in total. The summed E-state index contributed by atoms with van der Waals surface area (Å²) >= 11 is 2.99. The molecule has 1 aliphatic heterocycles. The van der Waals surface area contributed by atoms with Crippen LogP contribution in [-0.4, -0.2) is 28.7 Å². The molecule has 130 valence electrons. The van der Waals surface area contributed by atoms with Crippen LogP contribution >= 0.6 is 15.9 Å². The number of alkyl halides is 3. The number of aliphatic carboxylic acids is 1. The summed E-state index contributed by atoms with van der Waals surface area (Å²) in [5, 5.41) is 10.6. The van der Waals surface area contributed by atoms with Gasteiger partial charge in [0.25, 0.3) is 5.91 Å². The SMILES string of the molecule is NC(=O)C(CCC(=O)[O-])N1Cc2c(Br)cc(C(F)(F)F)cc2C1=O. The highest BCUT2D eigenvalue weighted by Gasteiger charge is 2.39. The first kappa shape index (κ1) is 18.2. The molecule has 2 rings (SSSR count). The van der Waals surface area contributed by atoms with Gasteiger partial charge in [0.1, 0.15) is 6.04 Å². The van der Waals surface area contributed by atoms with Crippen LogP contribution in [0.25, 0.3) is 0 Å². The molecule has 24 heavy (non-hydrogen) atoms. The van der Waals surface area contributed by atoms with Crippen LogP contribution in [0, 0.1) is 0 Å². The standard InChI is InChI=1S/C14H12BrF3N2O4/c15-9-4-6(14(16,17)18)3-7-8(9)5-20(13(7)24)10(12(19)23)1-2-11(21)22/h3-4,10H,1-2,5H2,(H2,19,23)(H,21,22)/p-1. The number of nitrogens with two attached hydrogens (primary N) is 1. The predicted octanol–water partition coefficient (Wildman–Crippen LogP) is 0.808. The number of carboxylic acid groups (broad SMARTS) is 1. The molecule has 1 heterocycles. The van der Waals surface area contributed by atoms with E-state index in [2.05, 4.69) is 15.9 Å². The monoisotopic (exact) mass is 407 g/mol. The third-order valence-corrected chi connectivity index (χ3v) is 4.38. The molecule has 0 saturated carbocycles. The van der Waals surface area contributed by atoms with Crippen molar-refractivity contribution < 1.29 is 32.7 Å². The van der Waals surface area contributed by atoms with Gasteiger partial charge >= 0.3 is 6.18 Å². The number of carboxylic acids is 1. The van der Waals surface area contributed by atoms with Crippen molar-refractivity contribution in [2.75, 3.05) is 0 Å². The van der Waals surface area contributed by atoms with Gasteiger partial charge in [-0.3, -0.25) is 9.59 Å². The first-order valence-corrected chi connectivity index (χ1v) is 7.51. The number of amides is 2. The van der Waals surface area contributed by atoms with E-state index >= 15 is 0 Å². The summed E-state index contributed by atoms with van der Waals surface area (Å²) < 4.78 is 38.7. The van der Waals surface area contributed by atoms with Crippen molar-refractivity contribution >= 4 is 33.7 Å². The minimum Gasteiger partial charge on any atom is -0.550 e. The maximum Gasteiger partial charge on any atom is 0.416 e. The van der Waals surface area contributed by atoms with Crippen molar-refractivity contribution in [3.63, 3.8) is 0 Å². The highest BCUT2D eigenvalue weighted by Crippen LogP contribution is 2.38. The predicted molar refractivity (Wildman–Crippen MR) is 76.2 cm³/mol. The molecule has 1 aromatic carbocycles. The number of halogens is 4. The molecule has 2 N–H and O–H groups in total. The number of hydrogen-bond donors (Lipinski definition) is 1. The fourth-order valence-electron chi connectivity index (χ4n) is 2.51. The van der Waals surface area contributed by atoms with Gasteiger partial charge in [-0.05, 0) is 30.5 Å². The molecular weight excluding hydrogens is 397 g/mol. The van der Waals surface area contributed by atoms with Crippen molar-refractivity contribution in [3.05, 3.63) is 33.3 Å². The maximum absolute atomic E-state index is 12.9. The van der Waals surface area contributed by atoms with Crippen LogP contribution in [0.1, 0.15) is 34.3 Å². The van der Waals surface area contributed by atoms with Crippen molar-refractivity contribution in [3.8, 4) is 0 Å². The molecule has 0 saturated heterocycles. The van der Waals surface area contributed by atoms with Crippen LogP contribution in [0.4, 0.5) is 13.2 Å². The van der Waals surface area contributed by atoms with Gasteiger partial charge in [-0.25, -0.2) is 0 Å². The fourth-order valence-corrected chi connectivity index (χ4v) is 3.09. The smallest absolute Gasteiger partial charge is 0.416 e. The summed E-state index contributed by atoms with van der Waals surface area (Å²) in [6.45, 7) is -0.145. The number of nitrogens with zero attached hydrogens (tertiary/aromatic N) is 1. The number of primary amides is 1. The van der Waals surface area contributed by atoms with E-state index in [0.29, 0.717) is 6.07 Å². The van der Waals surface area contributed by atoms with Gasteiger partial charge < -0.3 is 20.5 Å². The Labute approximate surface area is 142 Å². The molecule has 1 aromatic rings. The van der Waals surface area contributed by atoms with Crippen molar-refractivity contribution in [2.24, 2.45) is 5.73 Å². The van der Waals surface area contributed by atoms with E-state index in [1.807, 2.05) is 0 Å². The minimum atomic E-state index is -4.64. The quantitative estimate of drug-likeness (QED) is 0.779. The zero-order chi connectivity index (χ0) is 18.2. The van der Waals surface area contributed by atoms with Crippen LogP contribution in [0.2, 0.25) is 0 Å². The van der Waals surface area contributed by atoms with E-state index < -0.39 is 42.0 Å². The lowest BCUT2D eigenvalue weighted by molar-refractivity contribution is -0.305. The Bertz CT molecular complexity index is 721. The van der Waals surface area contributed by atoms with Gasteiger partial charge in [0.05, 0.1) is 5.56 Å². The van der Waals surface area contributed by atoms with Crippen molar-refractivity contribution in [1.82, 2.24) is 4.90 Å². The molecule has 0 aliphatic carbocycles. The topological polar surface area (TPSA) is 104 Å². The molecule has 1 aliphatic rings. The third kappa shape index (κ3) is 3.53. The first-order valence-electron chi connectivity index (χ1n) is 6.72. The zero-order valence-corrected chi connectivity index (χ0v) is 13.6. The van der Waals surface area contributed by atoms with E-state index in [1.54, 1.807) is 0 Å². The molecule has 1 unspecified atom stereocenters. The van der Waals surface area contributed by atoms with Crippen LogP contribution in [0.15, 0.2) is 16.6 Å². The van der Waals surface area contributed by atoms with Gasteiger partial charge in [-0.1, -0.05) is 15.9 Å². The van der Waals surface area contributed by atoms with E-state index in [4.69, 9.17) is 5.73 Å². The van der Waals surface area contributed by atoms with Crippen LogP contribution in [-0.2, 0) is 22.3 Å². The van der Waals surface area contributed by atoms with Gasteiger partial charge in [0, 0.05) is 22.6 Å². The van der Waals surface area contributed by atoms with E-state index in [0.717, 1.165) is 11.0 Å². The fraction of sp³-hybridized carbons (Fsp3) is 0.357. The van der Waals surface area contributed by atoms with Crippen LogP contribution in [0.5, 0.6) is 0 Å². The molecule has 0 radical (unpaired) electrons. The molecular formula is C14H11BrF3N2O4-. The summed E-state index contributed by atoms with van der Waals surface area (Å²) in [5.74, 6) is -3.17. The largest absolute Gasteiger partial charge is 0.550 e. The second-order valence-electron chi connectivity index (χ2n) is 5.24. The van der Waals surface area contributed by atoms with Gasteiger partial charge in [-0.2, -0.15) is 13.2 Å². The maximum atomic E-state index is 12.9. The summed E-state index contributed by atoms with van der Waals surface area (Å²) in [6.07, 6.45) is -5.42. The second kappa shape index (κ2) is 6.42. The molecule has 0 bridgehead atoms. The number of benzene rings is 1. The summed E-state index contributed by atoms with van der Waals surface area (Å²) in [7, 11) is 0. The Balaban J connectivity index is 2.37. The first-order chi connectivity index (χ1) is 11.0. The number of rotatable bonds is 5. The Morgan fingerprint density at radius 2 is 2.00 bits per heavy atom. The van der Waals surface area contributed by atoms with Crippen LogP contribution in [0.3, 0.4) is 0 Å². The van der Waals surface area contributed by atoms with Crippen molar-refractivity contribution in [1.29, 1.82) is 0 Å². The van der Waals surface area contributed by atoms with Gasteiger partial charge in [-0.15, -0.1) is 0 Å². The average molecular weight is 408 g/mol. The lowest BCUT2D eigenvalue weighted by Crippen LogP contribution is -2.45. The average Bonchev–Trinajstić information content (AvgIpc) is 2.76. The van der Waals surface area contributed by atoms with Crippen LogP contribution < -0.4 is 10.8 Å². The normalized spacial score (nSPS) is 15.3. The van der Waals surface area contributed by atoms with E-state index in [1.165, 1.54) is 0 Å². The van der Waals surface area contributed by atoms with E-state index in [-0.39, 0.29) is 28.6 Å². The van der Waals surface area contributed by atoms with Gasteiger partial charge in [0.15, 0.2) is 0 Å².